The number of H-pyrrole nitrogens is 1. The minimum absolute atomic E-state index is 0.0831. The van der Waals surface area contributed by atoms with E-state index in [1.54, 1.807) is 12.1 Å². The fourth-order valence-corrected chi connectivity index (χ4v) is 4.54. The third kappa shape index (κ3) is 2.76. The molecule has 2 aliphatic heterocycles. The maximum Gasteiger partial charge on any atom is 0.199 e. The summed E-state index contributed by atoms with van der Waals surface area (Å²) in [5.74, 6) is 0.870. The lowest BCUT2D eigenvalue weighted by atomic mass is 10.0. The van der Waals surface area contributed by atoms with Crippen LogP contribution in [-0.2, 0) is 6.54 Å². The zero-order valence-corrected chi connectivity index (χ0v) is 14.9. The van der Waals surface area contributed by atoms with Crippen LogP contribution in [0.2, 0.25) is 0 Å². The molecule has 5 rings (SSSR count). The molecule has 2 aliphatic rings. The number of pyridine rings is 1. The SMILES string of the molecule is N#Cc1ccc2[nH]c(O)c(-c3ccc(CN4CC[C@H]5CNC[C@H]54)cn3)c2c1. The summed E-state index contributed by atoms with van der Waals surface area (Å²) in [6.07, 6.45) is 3.17. The number of aromatic hydroxyl groups is 1. The van der Waals surface area contributed by atoms with Gasteiger partial charge >= 0.3 is 0 Å². The van der Waals surface area contributed by atoms with E-state index in [1.807, 2.05) is 18.3 Å². The average molecular weight is 359 g/mol. The third-order valence-corrected chi connectivity index (χ3v) is 5.93. The van der Waals surface area contributed by atoms with Crippen molar-refractivity contribution in [3.05, 3.63) is 47.7 Å². The Bertz CT molecular complexity index is 1030. The van der Waals surface area contributed by atoms with Crippen molar-refractivity contribution in [3.63, 3.8) is 0 Å². The second-order valence-electron chi connectivity index (χ2n) is 7.52. The maximum atomic E-state index is 10.4. The molecule has 27 heavy (non-hydrogen) atoms. The van der Waals surface area contributed by atoms with Gasteiger partial charge in [0.1, 0.15) is 0 Å². The molecule has 3 aromatic rings. The van der Waals surface area contributed by atoms with Crippen LogP contribution in [0.25, 0.3) is 22.2 Å². The highest BCUT2D eigenvalue weighted by atomic mass is 16.3. The lowest BCUT2D eigenvalue weighted by Gasteiger charge is -2.22. The summed E-state index contributed by atoms with van der Waals surface area (Å²) in [5.41, 5.74) is 3.90. The van der Waals surface area contributed by atoms with E-state index < -0.39 is 0 Å². The third-order valence-electron chi connectivity index (χ3n) is 5.93. The standard InChI is InChI=1S/C21H21N5O/c22-8-13-1-3-17-16(7-13)20(21(27)25-17)18-4-2-14(9-24-18)12-26-6-5-15-10-23-11-19(15)26/h1-4,7,9,15,19,23,25,27H,5-6,10-12H2/t15-,19+/m0/s1. The van der Waals surface area contributed by atoms with E-state index in [-0.39, 0.29) is 5.88 Å². The molecule has 0 aliphatic carbocycles. The second kappa shape index (κ2) is 6.38. The van der Waals surface area contributed by atoms with Crippen molar-refractivity contribution in [3.8, 4) is 23.2 Å². The second-order valence-corrected chi connectivity index (χ2v) is 7.52. The minimum atomic E-state index is 0.0831. The molecule has 0 bridgehead atoms. The molecule has 3 N–H and O–H groups in total. The van der Waals surface area contributed by atoms with Gasteiger partial charge in [0.25, 0.3) is 0 Å². The van der Waals surface area contributed by atoms with Gasteiger partial charge in [0, 0.05) is 36.2 Å². The highest BCUT2D eigenvalue weighted by Crippen LogP contribution is 2.36. The molecule has 4 heterocycles. The smallest absolute Gasteiger partial charge is 0.199 e. The number of aromatic nitrogens is 2. The summed E-state index contributed by atoms with van der Waals surface area (Å²) in [6.45, 7) is 4.29. The van der Waals surface area contributed by atoms with Crippen molar-refractivity contribution in [2.75, 3.05) is 19.6 Å². The lowest BCUT2D eigenvalue weighted by molar-refractivity contribution is 0.244. The van der Waals surface area contributed by atoms with Crippen molar-refractivity contribution < 1.29 is 5.11 Å². The van der Waals surface area contributed by atoms with Crippen molar-refractivity contribution in [1.29, 1.82) is 5.26 Å². The number of rotatable bonds is 3. The highest BCUT2D eigenvalue weighted by molar-refractivity contribution is 5.98. The highest BCUT2D eigenvalue weighted by Gasteiger charge is 2.37. The first kappa shape index (κ1) is 16.3. The van der Waals surface area contributed by atoms with Crippen LogP contribution in [0.1, 0.15) is 17.5 Å². The van der Waals surface area contributed by atoms with Crippen molar-refractivity contribution in [1.82, 2.24) is 20.2 Å². The quantitative estimate of drug-likeness (QED) is 0.669. The molecule has 2 saturated heterocycles. The van der Waals surface area contributed by atoms with Crippen LogP contribution in [0.3, 0.4) is 0 Å². The Kier molecular flexibility index (Phi) is 3.85. The summed E-state index contributed by atoms with van der Waals surface area (Å²) in [4.78, 5) is 10.1. The number of hydrogen-bond acceptors (Lipinski definition) is 5. The fraction of sp³-hybridized carbons (Fsp3) is 0.333. The first-order valence-electron chi connectivity index (χ1n) is 9.38. The van der Waals surface area contributed by atoms with Gasteiger partial charge in [-0.3, -0.25) is 9.88 Å². The topological polar surface area (TPSA) is 88.0 Å². The normalized spacial score (nSPS) is 22.2. The van der Waals surface area contributed by atoms with Gasteiger partial charge in [-0.1, -0.05) is 6.07 Å². The molecular weight excluding hydrogens is 338 g/mol. The van der Waals surface area contributed by atoms with Crippen LogP contribution in [-0.4, -0.2) is 45.7 Å². The van der Waals surface area contributed by atoms with E-state index in [1.165, 1.54) is 12.0 Å². The Balaban J connectivity index is 1.43. The van der Waals surface area contributed by atoms with Gasteiger partial charge in [0.15, 0.2) is 5.88 Å². The molecule has 0 saturated carbocycles. The molecule has 2 atom stereocenters. The van der Waals surface area contributed by atoms with Crippen LogP contribution in [0, 0.1) is 17.2 Å². The predicted octanol–water partition coefficient (Wildman–Crippen LogP) is 2.60. The summed E-state index contributed by atoms with van der Waals surface area (Å²) in [7, 11) is 0. The average Bonchev–Trinajstić information content (AvgIpc) is 3.37. The number of aromatic amines is 1. The molecule has 1 aromatic carbocycles. The number of nitrogens with zero attached hydrogens (tertiary/aromatic N) is 3. The molecule has 0 unspecified atom stereocenters. The van der Waals surface area contributed by atoms with Crippen LogP contribution in [0.5, 0.6) is 5.88 Å². The van der Waals surface area contributed by atoms with Crippen LogP contribution < -0.4 is 5.32 Å². The largest absolute Gasteiger partial charge is 0.494 e. The van der Waals surface area contributed by atoms with Gasteiger partial charge in [-0.05, 0) is 55.3 Å². The van der Waals surface area contributed by atoms with Gasteiger partial charge in [0.2, 0.25) is 0 Å². The summed E-state index contributed by atoms with van der Waals surface area (Å²) < 4.78 is 0. The first-order valence-corrected chi connectivity index (χ1v) is 9.38. The van der Waals surface area contributed by atoms with Gasteiger partial charge < -0.3 is 15.4 Å². The number of nitriles is 1. The van der Waals surface area contributed by atoms with Crippen molar-refractivity contribution >= 4 is 10.9 Å². The fourth-order valence-electron chi connectivity index (χ4n) is 4.54. The Hall–Kier alpha value is -2.88. The first-order chi connectivity index (χ1) is 13.2. The Morgan fingerprint density at radius 2 is 2.19 bits per heavy atom. The van der Waals surface area contributed by atoms with E-state index in [9.17, 15) is 5.11 Å². The van der Waals surface area contributed by atoms with Gasteiger partial charge in [-0.15, -0.1) is 0 Å². The number of hydrogen-bond donors (Lipinski definition) is 3. The molecule has 0 radical (unpaired) electrons. The van der Waals surface area contributed by atoms with Crippen molar-refractivity contribution in [2.24, 2.45) is 5.92 Å². The van der Waals surface area contributed by atoms with Crippen molar-refractivity contribution in [2.45, 2.75) is 19.0 Å². The summed E-state index contributed by atoms with van der Waals surface area (Å²) in [6, 6.07) is 12.2. The Morgan fingerprint density at radius 1 is 1.26 bits per heavy atom. The summed E-state index contributed by atoms with van der Waals surface area (Å²) >= 11 is 0. The Labute approximate surface area is 157 Å². The maximum absolute atomic E-state index is 10.4. The molecule has 2 aromatic heterocycles. The number of benzene rings is 1. The molecule has 2 fully saturated rings. The summed E-state index contributed by atoms with van der Waals surface area (Å²) in [5, 5.41) is 23.8. The monoisotopic (exact) mass is 359 g/mol. The lowest BCUT2D eigenvalue weighted by Crippen LogP contribution is -2.33. The van der Waals surface area contributed by atoms with Gasteiger partial charge in [0.05, 0.1) is 22.9 Å². The number of fused-ring (bicyclic) bond motifs is 2. The molecular formula is C21H21N5O. The Morgan fingerprint density at radius 3 is 3.00 bits per heavy atom. The molecule has 0 spiro atoms. The zero-order valence-electron chi connectivity index (χ0n) is 14.9. The van der Waals surface area contributed by atoms with Crippen LogP contribution in [0.15, 0.2) is 36.5 Å². The van der Waals surface area contributed by atoms with Gasteiger partial charge in [-0.25, -0.2) is 0 Å². The van der Waals surface area contributed by atoms with Crippen LogP contribution >= 0.6 is 0 Å². The molecule has 136 valence electrons. The zero-order chi connectivity index (χ0) is 18.4. The van der Waals surface area contributed by atoms with Crippen LogP contribution in [0.4, 0.5) is 0 Å². The predicted molar refractivity (Wildman–Crippen MR) is 103 cm³/mol. The molecule has 6 heteroatoms. The minimum Gasteiger partial charge on any atom is -0.494 e. The van der Waals surface area contributed by atoms with E-state index in [0.717, 1.165) is 43.0 Å². The number of likely N-dealkylation sites (tertiary alicyclic amines) is 1. The van der Waals surface area contributed by atoms with E-state index >= 15 is 0 Å². The molecule has 0 amide bonds. The van der Waals surface area contributed by atoms with E-state index in [2.05, 4.69) is 32.3 Å². The number of nitrogens with one attached hydrogen (secondary N) is 2. The van der Waals surface area contributed by atoms with E-state index in [4.69, 9.17) is 5.26 Å². The van der Waals surface area contributed by atoms with Gasteiger partial charge in [-0.2, -0.15) is 5.26 Å². The van der Waals surface area contributed by atoms with E-state index in [0.29, 0.717) is 22.9 Å². The molecule has 6 nitrogen and oxygen atoms in total.